The predicted molar refractivity (Wildman–Crippen MR) is 80.2 cm³/mol. The standard InChI is InChI=1S/C13H23N5O2S/c1-16-10-15-12(14)13(16)21(19,20)18-8-5-11(9-18)17-6-3-2-4-7-17/h10-11H,2-9,14H2,1H3. The number of hydrogen-bond donors (Lipinski definition) is 1. The highest BCUT2D eigenvalue weighted by molar-refractivity contribution is 7.89. The fourth-order valence-electron chi connectivity index (χ4n) is 3.38. The molecule has 7 nitrogen and oxygen atoms in total. The summed E-state index contributed by atoms with van der Waals surface area (Å²) in [6.07, 6.45) is 6.07. The molecule has 3 heterocycles. The summed E-state index contributed by atoms with van der Waals surface area (Å²) in [5.74, 6) is 0.0823. The lowest BCUT2D eigenvalue weighted by Gasteiger charge is -2.32. The van der Waals surface area contributed by atoms with E-state index >= 15 is 0 Å². The number of likely N-dealkylation sites (tertiary alicyclic amines) is 1. The van der Waals surface area contributed by atoms with Gasteiger partial charge in [0.2, 0.25) is 0 Å². The molecule has 2 fully saturated rings. The number of sulfonamides is 1. The maximum absolute atomic E-state index is 12.7. The summed E-state index contributed by atoms with van der Waals surface area (Å²) in [5, 5.41) is 0.113. The maximum atomic E-state index is 12.7. The van der Waals surface area contributed by atoms with Gasteiger partial charge in [-0.25, -0.2) is 13.4 Å². The summed E-state index contributed by atoms with van der Waals surface area (Å²) in [5.41, 5.74) is 5.72. The molecule has 2 aliphatic heterocycles. The molecule has 1 atom stereocenters. The number of rotatable bonds is 3. The third-order valence-electron chi connectivity index (χ3n) is 4.53. The largest absolute Gasteiger partial charge is 0.381 e. The van der Waals surface area contributed by atoms with Crippen LogP contribution < -0.4 is 5.73 Å². The van der Waals surface area contributed by atoms with Gasteiger partial charge in [-0.1, -0.05) is 6.42 Å². The number of aromatic nitrogens is 2. The highest BCUT2D eigenvalue weighted by Crippen LogP contribution is 2.27. The first kappa shape index (κ1) is 14.8. The van der Waals surface area contributed by atoms with Gasteiger partial charge in [0.15, 0.2) is 10.8 Å². The molecule has 2 N–H and O–H groups in total. The second kappa shape index (κ2) is 5.58. The zero-order valence-corrected chi connectivity index (χ0v) is 13.2. The quantitative estimate of drug-likeness (QED) is 0.865. The van der Waals surface area contributed by atoms with Crippen molar-refractivity contribution < 1.29 is 8.42 Å². The van der Waals surface area contributed by atoms with Gasteiger partial charge in [0.1, 0.15) is 0 Å². The normalized spacial score (nSPS) is 25.5. The summed E-state index contributed by atoms with van der Waals surface area (Å²) in [6.45, 7) is 3.31. The van der Waals surface area contributed by atoms with Gasteiger partial charge >= 0.3 is 0 Å². The molecular formula is C13H23N5O2S. The van der Waals surface area contributed by atoms with E-state index in [9.17, 15) is 8.42 Å². The number of piperidine rings is 1. The van der Waals surface area contributed by atoms with Crippen LogP contribution in [0.2, 0.25) is 0 Å². The van der Waals surface area contributed by atoms with E-state index in [1.165, 1.54) is 30.2 Å². The van der Waals surface area contributed by atoms with Crippen LogP contribution in [0.5, 0.6) is 0 Å². The van der Waals surface area contributed by atoms with Crippen LogP contribution in [0.3, 0.4) is 0 Å². The van der Waals surface area contributed by atoms with Gasteiger partial charge in [-0.05, 0) is 32.4 Å². The van der Waals surface area contributed by atoms with Gasteiger partial charge in [-0.3, -0.25) is 4.90 Å². The van der Waals surface area contributed by atoms with E-state index in [2.05, 4.69) is 9.88 Å². The van der Waals surface area contributed by atoms with Crippen molar-refractivity contribution in [2.45, 2.75) is 36.8 Å². The number of nitrogens with two attached hydrogens (primary N) is 1. The van der Waals surface area contributed by atoms with Crippen molar-refractivity contribution in [3.05, 3.63) is 6.33 Å². The van der Waals surface area contributed by atoms with Crippen molar-refractivity contribution in [2.75, 3.05) is 31.9 Å². The molecular weight excluding hydrogens is 290 g/mol. The molecule has 0 aromatic carbocycles. The Morgan fingerprint density at radius 2 is 1.95 bits per heavy atom. The minimum absolute atomic E-state index is 0.0823. The molecule has 21 heavy (non-hydrogen) atoms. The number of aryl methyl sites for hydroxylation is 1. The average molecular weight is 313 g/mol. The smallest absolute Gasteiger partial charge is 0.262 e. The Morgan fingerprint density at radius 3 is 2.57 bits per heavy atom. The third kappa shape index (κ3) is 2.67. The van der Waals surface area contributed by atoms with Gasteiger partial charge in [0, 0.05) is 26.2 Å². The lowest BCUT2D eigenvalue weighted by atomic mass is 10.1. The molecule has 2 aliphatic rings. The molecule has 0 spiro atoms. The molecule has 0 radical (unpaired) electrons. The Labute approximate surface area is 125 Å². The van der Waals surface area contributed by atoms with Crippen molar-refractivity contribution in [1.29, 1.82) is 0 Å². The summed E-state index contributed by atoms with van der Waals surface area (Å²) in [6, 6.07) is 0.342. The Balaban J connectivity index is 1.76. The van der Waals surface area contributed by atoms with Gasteiger partial charge in [-0.15, -0.1) is 0 Å². The zero-order chi connectivity index (χ0) is 15.0. The van der Waals surface area contributed by atoms with E-state index < -0.39 is 10.0 Å². The molecule has 2 saturated heterocycles. The van der Waals surface area contributed by atoms with Crippen molar-refractivity contribution in [1.82, 2.24) is 18.8 Å². The lowest BCUT2D eigenvalue weighted by molar-refractivity contribution is 0.169. The van der Waals surface area contributed by atoms with Gasteiger partial charge in [0.05, 0.1) is 6.33 Å². The summed E-state index contributed by atoms with van der Waals surface area (Å²) < 4.78 is 28.5. The van der Waals surface area contributed by atoms with E-state index in [0.29, 0.717) is 19.1 Å². The summed E-state index contributed by atoms with van der Waals surface area (Å²) in [4.78, 5) is 6.32. The fourth-order valence-corrected chi connectivity index (χ4v) is 5.07. The van der Waals surface area contributed by atoms with E-state index in [1.54, 1.807) is 11.4 Å². The van der Waals surface area contributed by atoms with Gasteiger partial charge in [0.25, 0.3) is 10.0 Å². The monoisotopic (exact) mass is 313 g/mol. The Morgan fingerprint density at radius 1 is 1.24 bits per heavy atom. The molecule has 118 valence electrons. The summed E-state index contributed by atoms with van der Waals surface area (Å²) >= 11 is 0. The van der Waals surface area contributed by atoms with Crippen LogP contribution in [0.25, 0.3) is 0 Å². The third-order valence-corrected chi connectivity index (χ3v) is 6.52. The molecule has 0 amide bonds. The van der Waals surface area contributed by atoms with E-state index in [1.807, 2.05) is 0 Å². The van der Waals surface area contributed by atoms with Crippen molar-refractivity contribution >= 4 is 15.8 Å². The van der Waals surface area contributed by atoms with Crippen LogP contribution >= 0.6 is 0 Å². The van der Waals surface area contributed by atoms with Gasteiger partial charge in [-0.2, -0.15) is 4.31 Å². The van der Waals surface area contributed by atoms with Gasteiger partial charge < -0.3 is 10.3 Å². The molecule has 3 rings (SSSR count). The number of nitrogens with zero attached hydrogens (tertiary/aromatic N) is 4. The number of imidazole rings is 1. The Bertz CT molecular complexity index is 587. The lowest BCUT2D eigenvalue weighted by Crippen LogP contribution is -2.41. The first-order chi connectivity index (χ1) is 10.00. The van der Waals surface area contributed by atoms with Crippen LogP contribution in [0, 0.1) is 0 Å². The molecule has 0 aliphatic carbocycles. The highest BCUT2D eigenvalue weighted by atomic mass is 32.2. The molecule has 1 aromatic heterocycles. The topological polar surface area (TPSA) is 84.5 Å². The Kier molecular flexibility index (Phi) is 3.94. The molecule has 0 bridgehead atoms. The minimum atomic E-state index is -3.55. The summed E-state index contributed by atoms with van der Waals surface area (Å²) in [7, 11) is -1.89. The number of hydrogen-bond acceptors (Lipinski definition) is 5. The van der Waals surface area contributed by atoms with E-state index in [0.717, 1.165) is 19.5 Å². The maximum Gasteiger partial charge on any atom is 0.262 e. The first-order valence-electron chi connectivity index (χ1n) is 7.51. The molecule has 0 saturated carbocycles. The highest BCUT2D eigenvalue weighted by Gasteiger charge is 2.37. The van der Waals surface area contributed by atoms with Crippen LogP contribution in [-0.4, -0.2) is 59.4 Å². The van der Waals surface area contributed by atoms with Crippen molar-refractivity contribution in [3.8, 4) is 0 Å². The van der Waals surface area contributed by atoms with E-state index in [-0.39, 0.29) is 10.8 Å². The predicted octanol–water partition coefficient (Wildman–Crippen LogP) is 0.251. The van der Waals surface area contributed by atoms with Crippen LogP contribution in [-0.2, 0) is 17.1 Å². The van der Waals surface area contributed by atoms with Crippen LogP contribution in [0.15, 0.2) is 11.4 Å². The van der Waals surface area contributed by atoms with E-state index in [4.69, 9.17) is 5.73 Å². The minimum Gasteiger partial charge on any atom is -0.381 e. The number of nitrogen functional groups attached to an aromatic ring is 1. The first-order valence-corrected chi connectivity index (χ1v) is 8.95. The second-order valence-electron chi connectivity index (χ2n) is 5.95. The second-order valence-corrected chi connectivity index (χ2v) is 7.80. The molecule has 8 heteroatoms. The zero-order valence-electron chi connectivity index (χ0n) is 12.4. The molecule has 1 aromatic rings. The van der Waals surface area contributed by atoms with Crippen molar-refractivity contribution in [3.63, 3.8) is 0 Å². The van der Waals surface area contributed by atoms with Crippen LogP contribution in [0.1, 0.15) is 25.7 Å². The number of anilines is 1. The Hall–Kier alpha value is -1.12. The fraction of sp³-hybridized carbons (Fsp3) is 0.769. The SMILES string of the molecule is Cn1cnc(N)c1S(=O)(=O)N1CCC(N2CCCCC2)C1. The van der Waals surface area contributed by atoms with Crippen molar-refractivity contribution in [2.24, 2.45) is 7.05 Å². The molecule has 1 unspecified atom stereocenters. The average Bonchev–Trinajstić information content (AvgIpc) is 3.08. The van der Waals surface area contributed by atoms with Crippen LogP contribution in [0.4, 0.5) is 5.82 Å².